The van der Waals surface area contributed by atoms with Gasteiger partial charge in [-0.05, 0) is 44.4 Å². The molecule has 2 aromatic carbocycles. The molecule has 0 aliphatic heterocycles. The summed E-state index contributed by atoms with van der Waals surface area (Å²) in [6.45, 7) is 8.04. The molecule has 0 bridgehead atoms. The fourth-order valence-electron chi connectivity index (χ4n) is 2.84. The number of hydrogen-bond donors (Lipinski definition) is 1. The maximum absolute atomic E-state index is 13.0. The van der Waals surface area contributed by atoms with Gasteiger partial charge < -0.3 is 10.2 Å². The van der Waals surface area contributed by atoms with Gasteiger partial charge in [-0.1, -0.05) is 54.6 Å². The molecule has 0 aliphatic rings. The van der Waals surface area contributed by atoms with Gasteiger partial charge in [0.15, 0.2) is 0 Å². The highest BCUT2D eigenvalue weighted by Gasteiger charge is 2.26. The standard InChI is InChI=1S/C22H28N2O2/c1-16(2)23-22(26)18(4)24(15-19-11-6-5-7-12-19)21(25)14-20-13-9-8-10-17(20)3/h5-13,16,18H,14-15H2,1-4H3,(H,23,26)/t18-/m0/s1. The zero-order valence-corrected chi connectivity index (χ0v) is 16.0. The topological polar surface area (TPSA) is 49.4 Å². The molecular formula is C22H28N2O2. The molecule has 0 heterocycles. The van der Waals surface area contributed by atoms with Crippen molar-refractivity contribution in [3.05, 3.63) is 71.3 Å². The molecule has 26 heavy (non-hydrogen) atoms. The first-order valence-corrected chi connectivity index (χ1v) is 9.06. The minimum Gasteiger partial charge on any atom is -0.352 e. The molecule has 0 saturated heterocycles. The van der Waals surface area contributed by atoms with Crippen molar-refractivity contribution in [2.75, 3.05) is 0 Å². The second-order valence-corrected chi connectivity index (χ2v) is 6.95. The summed E-state index contributed by atoms with van der Waals surface area (Å²) < 4.78 is 0. The second-order valence-electron chi connectivity index (χ2n) is 6.95. The molecule has 0 fully saturated rings. The number of carbonyl (C=O) groups excluding carboxylic acids is 2. The molecular weight excluding hydrogens is 324 g/mol. The number of nitrogens with one attached hydrogen (secondary N) is 1. The molecule has 1 N–H and O–H groups in total. The average molecular weight is 352 g/mol. The van der Waals surface area contributed by atoms with Crippen molar-refractivity contribution < 1.29 is 9.59 Å². The quantitative estimate of drug-likeness (QED) is 0.829. The van der Waals surface area contributed by atoms with Crippen LogP contribution in [0.25, 0.3) is 0 Å². The molecule has 1 atom stereocenters. The highest BCUT2D eigenvalue weighted by Crippen LogP contribution is 2.14. The number of nitrogens with zero attached hydrogens (tertiary/aromatic N) is 1. The van der Waals surface area contributed by atoms with E-state index in [1.165, 1.54) is 0 Å². The van der Waals surface area contributed by atoms with Crippen LogP contribution in [0.2, 0.25) is 0 Å². The Balaban J connectivity index is 2.22. The Morgan fingerprint density at radius 1 is 0.962 bits per heavy atom. The van der Waals surface area contributed by atoms with Crippen LogP contribution in [0.4, 0.5) is 0 Å². The first-order valence-electron chi connectivity index (χ1n) is 9.06. The molecule has 0 aromatic heterocycles. The zero-order valence-electron chi connectivity index (χ0n) is 16.0. The van der Waals surface area contributed by atoms with Crippen molar-refractivity contribution in [1.29, 1.82) is 0 Å². The number of benzene rings is 2. The fourth-order valence-corrected chi connectivity index (χ4v) is 2.84. The third-order valence-electron chi connectivity index (χ3n) is 4.40. The number of carbonyl (C=O) groups is 2. The number of aryl methyl sites for hydroxylation is 1. The van der Waals surface area contributed by atoms with Crippen molar-refractivity contribution in [3.8, 4) is 0 Å². The van der Waals surface area contributed by atoms with Crippen LogP contribution in [0.3, 0.4) is 0 Å². The Morgan fingerprint density at radius 2 is 1.58 bits per heavy atom. The summed E-state index contributed by atoms with van der Waals surface area (Å²) >= 11 is 0. The van der Waals surface area contributed by atoms with Gasteiger partial charge in [-0.3, -0.25) is 9.59 Å². The Bertz CT molecular complexity index is 741. The van der Waals surface area contributed by atoms with Gasteiger partial charge in [0.1, 0.15) is 6.04 Å². The van der Waals surface area contributed by atoms with Crippen molar-refractivity contribution in [2.45, 2.75) is 52.7 Å². The van der Waals surface area contributed by atoms with E-state index < -0.39 is 6.04 Å². The lowest BCUT2D eigenvalue weighted by Gasteiger charge is -2.29. The zero-order chi connectivity index (χ0) is 19.1. The smallest absolute Gasteiger partial charge is 0.242 e. The van der Waals surface area contributed by atoms with Crippen LogP contribution in [-0.4, -0.2) is 28.8 Å². The van der Waals surface area contributed by atoms with Gasteiger partial charge in [-0.2, -0.15) is 0 Å². The van der Waals surface area contributed by atoms with E-state index in [0.29, 0.717) is 13.0 Å². The highest BCUT2D eigenvalue weighted by atomic mass is 16.2. The summed E-state index contributed by atoms with van der Waals surface area (Å²) in [5.41, 5.74) is 3.08. The van der Waals surface area contributed by atoms with Gasteiger partial charge in [-0.25, -0.2) is 0 Å². The molecule has 138 valence electrons. The lowest BCUT2D eigenvalue weighted by atomic mass is 10.0. The van der Waals surface area contributed by atoms with Crippen LogP contribution in [0.1, 0.15) is 37.5 Å². The van der Waals surface area contributed by atoms with Crippen LogP contribution in [-0.2, 0) is 22.6 Å². The first-order chi connectivity index (χ1) is 12.4. The van der Waals surface area contributed by atoms with Crippen LogP contribution in [0, 0.1) is 6.92 Å². The predicted octanol–water partition coefficient (Wildman–Crippen LogP) is 3.48. The van der Waals surface area contributed by atoms with Crippen molar-refractivity contribution in [2.24, 2.45) is 0 Å². The molecule has 2 rings (SSSR count). The summed E-state index contributed by atoms with van der Waals surface area (Å²) in [6.07, 6.45) is 0.290. The Morgan fingerprint density at radius 3 is 2.19 bits per heavy atom. The number of hydrogen-bond acceptors (Lipinski definition) is 2. The molecule has 0 aliphatic carbocycles. The second kappa shape index (κ2) is 9.18. The minimum atomic E-state index is -0.533. The predicted molar refractivity (Wildman–Crippen MR) is 105 cm³/mol. The molecule has 0 saturated carbocycles. The maximum atomic E-state index is 13.0. The third kappa shape index (κ3) is 5.45. The largest absolute Gasteiger partial charge is 0.352 e. The van der Waals surface area contributed by atoms with E-state index in [1.54, 1.807) is 11.8 Å². The van der Waals surface area contributed by atoms with Gasteiger partial charge >= 0.3 is 0 Å². The number of rotatable bonds is 7. The van der Waals surface area contributed by atoms with E-state index in [9.17, 15) is 9.59 Å². The van der Waals surface area contributed by atoms with Gasteiger partial charge in [-0.15, -0.1) is 0 Å². The Kier molecular flexibility index (Phi) is 6.96. The third-order valence-corrected chi connectivity index (χ3v) is 4.40. The highest BCUT2D eigenvalue weighted by molar-refractivity contribution is 5.88. The normalized spacial score (nSPS) is 11.9. The van der Waals surface area contributed by atoms with Crippen molar-refractivity contribution >= 4 is 11.8 Å². The van der Waals surface area contributed by atoms with Gasteiger partial charge in [0.05, 0.1) is 6.42 Å². The summed E-state index contributed by atoms with van der Waals surface area (Å²) in [4.78, 5) is 27.2. The summed E-state index contributed by atoms with van der Waals surface area (Å²) in [5.74, 6) is -0.177. The lowest BCUT2D eigenvalue weighted by molar-refractivity contribution is -0.140. The van der Waals surface area contributed by atoms with E-state index in [2.05, 4.69) is 5.32 Å². The minimum absolute atomic E-state index is 0.0370. The van der Waals surface area contributed by atoms with Gasteiger partial charge in [0, 0.05) is 12.6 Å². The molecule has 4 nitrogen and oxygen atoms in total. The van der Waals surface area contributed by atoms with Crippen LogP contribution in [0.5, 0.6) is 0 Å². The van der Waals surface area contributed by atoms with Crippen molar-refractivity contribution in [1.82, 2.24) is 10.2 Å². The van der Waals surface area contributed by atoms with Crippen LogP contribution < -0.4 is 5.32 Å². The SMILES string of the molecule is Cc1ccccc1CC(=O)N(Cc1ccccc1)[C@@H](C)C(=O)NC(C)C. The van der Waals surface area contributed by atoms with Crippen LogP contribution in [0.15, 0.2) is 54.6 Å². The summed E-state index contributed by atoms with van der Waals surface area (Å²) in [5, 5.41) is 2.91. The van der Waals surface area contributed by atoms with E-state index in [1.807, 2.05) is 75.4 Å². The van der Waals surface area contributed by atoms with Crippen LogP contribution >= 0.6 is 0 Å². The van der Waals surface area contributed by atoms with E-state index in [-0.39, 0.29) is 17.9 Å². The molecule has 0 radical (unpaired) electrons. The maximum Gasteiger partial charge on any atom is 0.242 e. The summed E-state index contributed by atoms with van der Waals surface area (Å²) in [6, 6.07) is 17.1. The van der Waals surface area contributed by atoms with Gasteiger partial charge in [0.2, 0.25) is 11.8 Å². The molecule has 2 amide bonds. The van der Waals surface area contributed by atoms with E-state index in [0.717, 1.165) is 16.7 Å². The Hall–Kier alpha value is -2.62. The molecule has 2 aromatic rings. The fraction of sp³-hybridized carbons (Fsp3) is 0.364. The Labute approximate surface area is 156 Å². The molecule has 0 unspecified atom stereocenters. The van der Waals surface area contributed by atoms with Gasteiger partial charge in [0.25, 0.3) is 0 Å². The average Bonchev–Trinajstić information content (AvgIpc) is 2.61. The van der Waals surface area contributed by atoms with E-state index >= 15 is 0 Å². The van der Waals surface area contributed by atoms with Crippen molar-refractivity contribution in [3.63, 3.8) is 0 Å². The molecule has 0 spiro atoms. The lowest BCUT2D eigenvalue weighted by Crippen LogP contribution is -2.49. The van der Waals surface area contributed by atoms with E-state index in [4.69, 9.17) is 0 Å². The molecule has 4 heteroatoms. The monoisotopic (exact) mass is 352 g/mol. The summed E-state index contributed by atoms with van der Waals surface area (Å²) in [7, 11) is 0. The number of amides is 2. The first kappa shape index (κ1) is 19.7.